The highest BCUT2D eigenvalue weighted by atomic mass is 19.1. The Balaban J connectivity index is 1.76. The van der Waals surface area contributed by atoms with Gasteiger partial charge in [0.2, 0.25) is 5.95 Å². The molecular weight excluding hydrogens is 343 g/mol. The number of hydrogen-bond donors (Lipinski definition) is 0. The molecule has 0 aliphatic carbocycles. The van der Waals surface area contributed by atoms with E-state index >= 15 is 0 Å². The first-order valence-corrected chi connectivity index (χ1v) is 9.23. The molecule has 0 spiro atoms. The number of halogens is 1. The van der Waals surface area contributed by atoms with E-state index in [1.165, 1.54) is 12.1 Å². The Bertz CT molecular complexity index is 930. The monoisotopic (exact) mass is 366 g/mol. The third-order valence-electron chi connectivity index (χ3n) is 5.05. The Morgan fingerprint density at radius 3 is 2.59 bits per heavy atom. The highest BCUT2D eigenvalue weighted by Gasteiger charge is 2.21. The van der Waals surface area contributed by atoms with Gasteiger partial charge in [0, 0.05) is 57.4 Å². The van der Waals surface area contributed by atoms with Crippen LogP contribution in [0.4, 0.5) is 10.3 Å². The molecule has 1 saturated heterocycles. The van der Waals surface area contributed by atoms with Gasteiger partial charge in [0.05, 0.1) is 0 Å². The van der Waals surface area contributed by atoms with Crippen molar-refractivity contribution in [3.05, 3.63) is 48.7 Å². The number of hydrogen-bond acceptors (Lipinski definition) is 5. The van der Waals surface area contributed by atoms with Crippen molar-refractivity contribution >= 4 is 5.95 Å². The molecule has 0 unspecified atom stereocenters. The third kappa shape index (κ3) is 3.55. The minimum atomic E-state index is -0.280. The summed E-state index contributed by atoms with van der Waals surface area (Å²) in [4.78, 5) is 18.5. The van der Waals surface area contributed by atoms with Crippen LogP contribution in [0.3, 0.4) is 0 Å². The number of likely N-dealkylation sites (N-methyl/N-ethyl adjacent to an activating group) is 1. The summed E-state index contributed by atoms with van der Waals surface area (Å²) in [5.41, 5.74) is 2.24. The molecule has 1 aliphatic heterocycles. The van der Waals surface area contributed by atoms with Gasteiger partial charge < -0.3 is 14.4 Å². The summed E-state index contributed by atoms with van der Waals surface area (Å²) in [5, 5.41) is 0. The van der Waals surface area contributed by atoms with Crippen LogP contribution in [-0.2, 0) is 7.05 Å². The Kier molecular flexibility index (Phi) is 4.85. The van der Waals surface area contributed by atoms with Crippen LogP contribution in [0.1, 0.15) is 6.92 Å². The molecular formula is C20H23FN6. The van der Waals surface area contributed by atoms with Gasteiger partial charge in [0.15, 0.2) is 5.82 Å². The minimum absolute atomic E-state index is 0.280. The van der Waals surface area contributed by atoms with Gasteiger partial charge >= 0.3 is 0 Å². The highest BCUT2D eigenvalue weighted by molar-refractivity contribution is 5.78. The molecule has 3 heterocycles. The largest absolute Gasteiger partial charge is 0.338 e. The molecule has 140 valence electrons. The minimum Gasteiger partial charge on any atom is -0.338 e. The van der Waals surface area contributed by atoms with E-state index in [1.54, 1.807) is 18.5 Å². The first-order valence-electron chi connectivity index (χ1n) is 9.23. The number of imidazole rings is 1. The van der Waals surface area contributed by atoms with Crippen LogP contribution in [0.5, 0.6) is 0 Å². The topological polar surface area (TPSA) is 50.1 Å². The second-order valence-electron chi connectivity index (χ2n) is 6.73. The van der Waals surface area contributed by atoms with Crippen molar-refractivity contribution < 1.29 is 4.39 Å². The average molecular weight is 366 g/mol. The van der Waals surface area contributed by atoms with Crippen molar-refractivity contribution in [3.63, 3.8) is 0 Å². The summed E-state index contributed by atoms with van der Waals surface area (Å²) < 4.78 is 15.7. The number of nitrogens with zero attached hydrogens (tertiary/aromatic N) is 6. The number of benzene rings is 1. The van der Waals surface area contributed by atoms with Crippen LogP contribution in [0.2, 0.25) is 0 Å². The Morgan fingerprint density at radius 1 is 1.11 bits per heavy atom. The summed E-state index contributed by atoms with van der Waals surface area (Å²) >= 11 is 0. The molecule has 4 rings (SSSR count). The maximum atomic E-state index is 13.8. The lowest BCUT2D eigenvalue weighted by molar-refractivity contribution is 0.270. The van der Waals surface area contributed by atoms with Crippen molar-refractivity contribution in [3.8, 4) is 22.6 Å². The van der Waals surface area contributed by atoms with E-state index < -0.39 is 0 Å². The summed E-state index contributed by atoms with van der Waals surface area (Å²) in [6.07, 6.45) is 5.41. The molecule has 27 heavy (non-hydrogen) atoms. The summed E-state index contributed by atoms with van der Waals surface area (Å²) in [5.74, 6) is 1.16. The standard InChI is InChI=1S/C20H23FN6/c1-3-26-9-11-27(12-10-26)20-23-14-17(15-5-4-6-16(21)13-15)18(24-20)19-22-7-8-25(19)2/h4-8,13-14H,3,9-12H2,1-2H3. The first kappa shape index (κ1) is 17.6. The Labute approximate surface area is 158 Å². The number of piperazine rings is 1. The van der Waals surface area contributed by atoms with Gasteiger partial charge in [0.1, 0.15) is 11.5 Å². The predicted molar refractivity (Wildman–Crippen MR) is 104 cm³/mol. The van der Waals surface area contributed by atoms with Crippen molar-refractivity contribution in [2.24, 2.45) is 7.05 Å². The average Bonchev–Trinajstić information content (AvgIpc) is 3.13. The number of anilines is 1. The fraction of sp³-hybridized carbons (Fsp3) is 0.350. The quantitative estimate of drug-likeness (QED) is 0.711. The van der Waals surface area contributed by atoms with Crippen molar-refractivity contribution in [1.82, 2.24) is 24.4 Å². The van der Waals surface area contributed by atoms with Crippen LogP contribution in [-0.4, -0.2) is 57.1 Å². The maximum Gasteiger partial charge on any atom is 0.226 e. The van der Waals surface area contributed by atoms with Crippen molar-refractivity contribution in [2.75, 3.05) is 37.6 Å². The van der Waals surface area contributed by atoms with Crippen molar-refractivity contribution in [1.29, 1.82) is 0 Å². The molecule has 0 atom stereocenters. The van der Waals surface area contributed by atoms with Crippen LogP contribution in [0, 0.1) is 5.82 Å². The van der Waals surface area contributed by atoms with Gasteiger partial charge in [-0.1, -0.05) is 19.1 Å². The zero-order chi connectivity index (χ0) is 18.8. The zero-order valence-corrected chi connectivity index (χ0v) is 15.6. The lowest BCUT2D eigenvalue weighted by Gasteiger charge is -2.34. The first-order chi connectivity index (χ1) is 13.2. The molecule has 3 aromatic rings. The lowest BCUT2D eigenvalue weighted by atomic mass is 10.1. The molecule has 0 radical (unpaired) electrons. The summed E-state index contributed by atoms with van der Waals surface area (Å²) in [7, 11) is 1.93. The SMILES string of the molecule is CCN1CCN(c2ncc(-c3cccc(F)c3)c(-c3nccn3C)n2)CC1. The second-order valence-corrected chi connectivity index (χ2v) is 6.73. The fourth-order valence-electron chi connectivity index (χ4n) is 3.42. The molecule has 6 nitrogen and oxygen atoms in total. The van der Waals surface area contributed by atoms with E-state index in [1.807, 2.05) is 23.9 Å². The van der Waals surface area contributed by atoms with Crippen LogP contribution >= 0.6 is 0 Å². The van der Waals surface area contributed by atoms with Gasteiger partial charge in [-0.05, 0) is 24.2 Å². The van der Waals surface area contributed by atoms with E-state index in [0.29, 0.717) is 5.95 Å². The predicted octanol–water partition coefficient (Wildman–Crippen LogP) is 2.83. The molecule has 2 aromatic heterocycles. The summed E-state index contributed by atoms with van der Waals surface area (Å²) in [6.45, 7) is 7.04. The number of aromatic nitrogens is 4. The smallest absolute Gasteiger partial charge is 0.226 e. The van der Waals surface area contributed by atoms with Gasteiger partial charge in [-0.2, -0.15) is 0 Å². The van der Waals surface area contributed by atoms with E-state index in [0.717, 1.165) is 55.4 Å². The van der Waals surface area contributed by atoms with E-state index in [-0.39, 0.29) is 5.82 Å². The molecule has 7 heteroatoms. The number of aryl methyl sites for hydroxylation is 1. The zero-order valence-electron chi connectivity index (χ0n) is 15.6. The molecule has 1 aliphatic rings. The molecule has 1 aromatic carbocycles. The normalized spacial score (nSPS) is 15.3. The van der Waals surface area contributed by atoms with E-state index in [2.05, 4.69) is 26.7 Å². The van der Waals surface area contributed by atoms with E-state index in [9.17, 15) is 4.39 Å². The molecule has 1 fully saturated rings. The third-order valence-corrected chi connectivity index (χ3v) is 5.05. The summed E-state index contributed by atoms with van der Waals surface area (Å²) in [6, 6.07) is 6.51. The number of rotatable bonds is 4. The van der Waals surface area contributed by atoms with Gasteiger partial charge in [-0.15, -0.1) is 0 Å². The van der Waals surface area contributed by atoms with E-state index in [4.69, 9.17) is 4.98 Å². The highest BCUT2D eigenvalue weighted by Crippen LogP contribution is 2.31. The Hall–Kier alpha value is -2.80. The fourth-order valence-corrected chi connectivity index (χ4v) is 3.42. The van der Waals surface area contributed by atoms with Gasteiger partial charge in [-0.25, -0.2) is 19.3 Å². The van der Waals surface area contributed by atoms with Crippen molar-refractivity contribution in [2.45, 2.75) is 6.92 Å². The molecule has 0 saturated carbocycles. The Morgan fingerprint density at radius 2 is 1.93 bits per heavy atom. The van der Waals surface area contributed by atoms with Crippen LogP contribution in [0.25, 0.3) is 22.6 Å². The molecule has 0 amide bonds. The van der Waals surface area contributed by atoms with Gasteiger partial charge in [0.25, 0.3) is 0 Å². The van der Waals surface area contributed by atoms with Crippen LogP contribution in [0.15, 0.2) is 42.9 Å². The van der Waals surface area contributed by atoms with Crippen LogP contribution < -0.4 is 4.90 Å². The molecule has 0 bridgehead atoms. The second kappa shape index (κ2) is 7.44. The maximum absolute atomic E-state index is 13.8. The lowest BCUT2D eigenvalue weighted by Crippen LogP contribution is -2.46. The molecule has 0 N–H and O–H groups in total. The van der Waals surface area contributed by atoms with Gasteiger partial charge in [-0.3, -0.25) is 0 Å².